The average molecular weight is 368 g/mol. The predicted molar refractivity (Wildman–Crippen MR) is 102 cm³/mol. The smallest absolute Gasteiger partial charge is 0.274 e. The number of halogens is 1. The van der Waals surface area contributed by atoms with Crippen molar-refractivity contribution in [2.45, 2.75) is 13.0 Å². The summed E-state index contributed by atoms with van der Waals surface area (Å²) < 4.78 is 1.23. The van der Waals surface area contributed by atoms with Gasteiger partial charge in [-0.25, -0.2) is 0 Å². The zero-order valence-corrected chi connectivity index (χ0v) is 15.2. The average Bonchev–Trinajstić information content (AvgIpc) is 2.68. The van der Waals surface area contributed by atoms with Gasteiger partial charge in [-0.15, -0.1) is 0 Å². The van der Waals surface area contributed by atoms with Crippen molar-refractivity contribution in [3.63, 3.8) is 0 Å². The van der Waals surface area contributed by atoms with E-state index >= 15 is 0 Å². The summed E-state index contributed by atoms with van der Waals surface area (Å²) in [6, 6.07) is 19.0. The summed E-state index contributed by atoms with van der Waals surface area (Å²) in [6.45, 7) is 1.92. The van der Waals surface area contributed by atoms with Gasteiger partial charge in [-0.05, 0) is 42.8 Å². The highest BCUT2D eigenvalue weighted by molar-refractivity contribution is 6.30. The molecule has 0 aliphatic carbocycles. The van der Waals surface area contributed by atoms with Crippen LogP contribution in [0.25, 0.3) is 5.69 Å². The van der Waals surface area contributed by atoms with Gasteiger partial charge in [-0.1, -0.05) is 41.9 Å². The van der Waals surface area contributed by atoms with Gasteiger partial charge >= 0.3 is 0 Å². The highest BCUT2D eigenvalue weighted by Crippen LogP contribution is 2.22. The van der Waals surface area contributed by atoms with Gasteiger partial charge in [0.15, 0.2) is 0 Å². The molecule has 1 aromatic heterocycles. The fourth-order valence-electron chi connectivity index (χ4n) is 2.60. The van der Waals surface area contributed by atoms with E-state index in [-0.39, 0.29) is 23.2 Å². The van der Waals surface area contributed by atoms with E-state index < -0.39 is 0 Å². The van der Waals surface area contributed by atoms with Gasteiger partial charge in [0.1, 0.15) is 5.69 Å². The highest BCUT2D eigenvalue weighted by Gasteiger charge is 2.21. The number of hydrogen-bond acceptors (Lipinski definition) is 3. The van der Waals surface area contributed by atoms with Crippen molar-refractivity contribution in [3.05, 3.63) is 93.4 Å². The Morgan fingerprint density at radius 2 is 1.69 bits per heavy atom. The lowest BCUT2D eigenvalue weighted by molar-refractivity contribution is 0.0734. The van der Waals surface area contributed by atoms with E-state index in [1.54, 1.807) is 36.2 Å². The lowest BCUT2D eigenvalue weighted by Crippen LogP contribution is -2.32. The molecule has 0 saturated carbocycles. The fraction of sp³-hybridized carbons (Fsp3) is 0.150. The molecule has 0 radical (unpaired) electrons. The third-order valence-electron chi connectivity index (χ3n) is 4.27. The minimum atomic E-state index is -0.291. The summed E-state index contributed by atoms with van der Waals surface area (Å²) >= 11 is 5.92. The maximum Gasteiger partial charge on any atom is 0.274 e. The first-order valence-corrected chi connectivity index (χ1v) is 8.53. The SMILES string of the molecule is CC(c1ccc(Cl)cc1)N(C)C(=O)c1ccc(=O)n(-c2ccccc2)n1. The Labute approximate surface area is 156 Å². The van der Waals surface area contributed by atoms with Crippen molar-refractivity contribution in [1.29, 1.82) is 0 Å². The molecule has 1 heterocycles. The van der Waals surface area contributed by atoms with Gasteiger partial charge in [0.2, 0.25) is 0 Å². The molecule has 1 unspecified atom stereocenters. The Kier molecular flexibility index (Phi) is 5.19. The maximum absolute atomic E-state index is 12.8. The van der Waals surface area contributed by atoms with Crippen LogP contribution in [-0.4, -0.2) is 27.6 Å². The fourth-order valence-corrected chi connectivity index (χ4v) is 2.73. The van der Waals surface area contributed by atoms with E-state index in [1.165, 1.54) is 16.8 Å². The molecule has 1 atom stereocenters. The van der Waals surface area contributed by atoms with Crippen LogP contribution >= 0.6 is 11.6 Å². The molecular weight excluding hydrogens is 350 g/mol. The number of rotatable bonds is 4. The Balaban J connectivity index is 1.90. The number of benzene rings is 2. The lowest BCUT2D eigenvalue weighted by atomic mass is 10.1. The summed E-state index contributed by atoms with van der Waals surface area (Å²) in [6.07, 6.45) is 0. The van der Waals surface area contributed by atoms with Crippen molar-refractivity contribution in [2.75, 3.05) is 7.05 Å². The molecule has 0 saturated heterocycles. The van der Waals surface area contributed by atoms with Crippen molar-refractivity contribution in [1.82, 2.24) is 14.7 Å². The molecule has 0 spiro atoms. The van der Waals surface area contributed by atoms with Gasteiger partial charge in [0.25, 0.3) is 11.5 Å². The second-order valence-corrected chi connectivity index (χ2v) is 6.38. The molecule has 0 aliphatic rings. The third-order valence-corrected chi connectivity index (χ3v) is 4.53. The van der Waals surface area contributed by atoms with Crippen LogP contribution in [0.1, 0.15) is 29.0 Å². The lowest BCUT2D eigenvalue weighted by Gasteiger charge is -2.25. The van der Waals surface area contributed by atoms with E-state index in [1.807, 2.05) is 37.3 Å². The summed E-state index contributed by atoms with van der Waals surface area (Å²) in [5.41, 5.74) is 1.49. The van der Waals surface area contributed by atoms with E-state index in [4.69, 9.17) is 11.6 Å². The van der Waals surface area contributed by atoms with Crippen LogP contribution in [-0.2, 0) is 0 Å². The topological polar surface area (TPSA) is 55.2 Å². The number of carbonyl (C=O) groups is 1. The monoisotopic (exact) mass is 367 g/mol. The summed E-state index contributed by atoms with van der Waals surface area (Å²) in [4.78, 5) is 26.5. The van der Waals surface area contributed by atoms with Crippen LogP contribution in [0.5, 0.6) is 0 Å². The Hall–Kier alpha value is -2.92. The molecule has 26 heavy (non-hydrogen) atoms. The van der Waals surface area contributed by atoms with Crippen LogP contribution in [0.15, 0.2) is 71.5 Å². The number of para-hydroxylation sites is 1. The maximum atomic E-state index is 12.8. The van der Waals surface area contributed by atoms with Gasteiger partial charge in [0, 0.05) is 18.1 Å². The second kappa shape index (κ2) is 7.54. The van der Waals surface area contributed by atoms with Gasteiger partial charge in [-0.3, -0.25) is 9.59 Å². The zero-order chi connectivity index (χ0) is 18.7. The van der Waals surface area contributed by atoms with Gasteiger partial charge < -0.3 is 4.90 Å². The van der Waals surface area contributed by atoms with E-state index in [9.17, 15) is 9.59 Å². The van der Waals surface area contributed by atoms with Crippen molar-refractivity contribution in [3.8, 4) is 5.69 Å². The van der Waals surface area contributed by atoms with Crippen molar-refractivity contribution >= 4 is 17.5 Å². The molecular formula is C20H18ClN3O2. The number of nitrogens with zero attached hydrogens (tertiary/aromatic N) is 3. The van der Waals surface area contributed by atoms with Crippen LogP contribution in [0.3, 0.4) is 0 Å². The Bertz CT molecular complexity index is 968. The molecule has 3 rings (SSSR count). The number of aromatic nitrogens is 2. The molecule has 6 heteroatoms. The third kappa shape index (κ3) is 3.68. The Morgan fingerprint density at radius 3 is 2.35 bits per heavy atom. The molecule has 0 fully saturated rings. The summed E-state index contributed by atoms with van der Waals surface area (Å²) in [7, 11) is 1.71. The highest BCUT2D eigenvalue weighted by atomic mass is 35.5. The summed E-state index contributed by atoms with van der Waals surface area (Å²) in [5, 5.41) is 4.89. The van der Waals surface area contributed by atoms with Crippen molar-refractivity contribution in [2.24, 2.45) is 0 Å². The normalized spacial score (nSPS) is 11.8. The van der Waals surface area contributed by atoms with Gasteiger partial charge in [0.05, 0.1) is 11.7 Å². The molecule has 5 nitrogen and oxygen atoms in total. The summed E-state index contributed by atoms with van der Waals surface area (Å²) in [5.74, 6) is -0.267. The van der Waals surface area contributed by atoms with Crippen molar-refractivity contribution < 1.29 is 4.79 Å². The first kappa shape index (κ1) is 17.9. The number of hydrogen-bond donors (Lipinski definition) is 0. The molecule has 132 valence electrons. The molecule has 1 amide bonds. The zero-order valence-electron chi connectivity index (χ0n) is 14.5. The van der Waals surface area contributed by atoms with Crippen LogP contribution in [0.2, 0.25) is 5.02 Å². The van der Waals surface area contributed by atoms with E-state index in [2.05, 4.69) is 5.10 Å². The largest absolute Gasteiger partial charge is 0.334 e. The Morgan fingerprint density at radius 1 is 1.04 bits per heavy atom. The van der Waals surface area contributed by atoms with E-state index in [0.717, 1.165) is 5.56 Å². The first-order valence-electron chi connectivity index (χ1n) is 8.16. The second-order valence-electron chi connectivity index (χ2n) is 5.95. The van der Waals surface area contributed by atoms with Gasteiger partial charge in [-0.2, -0.15) is 9.78 Å². The minimum Gasteiger partial charge on any atom is -0.334 e. The number of carbonyl (C=O) groups excluding carboxylic acids is 1. The quantitative estimate of drug-likeness (QED) is 0.706. The van der Waals surface area contributed by atoms with Crippen LogP contribution in [0.4, 0.5) is 0 Å². The van der Waals surface area contributed by atoms with E-state index in [0.29, 0.717) is 10.7 Å². The number of amides is 1. The molecule has 0 aliphatic heterocycles. The first-order chi connectivity index (χ1) is 12.5. The van der Waals surface area contributed by atoms with Crippen LogP contribution < -0.4 is 5.56 Å². The molecule has 0 N–H and O–H groups in total. The standard InChI is InChI=1S/C20H18ClN3O2/c1-14(15-8-10-16(21)11-9-15)23(2)20(26)18-12-13-19(25)24(22-18)17-6-4-3-5-7-17/h3-14H,1-2H3. The molecule has 2 aromatic carbocycles. The van der Waals surface area contributed by atoms with Crippen LogP contribution in [0, 0.1) is 0 Å². The predicted octanol–water partition coefficient (Wildman–Crippen LogP) is 3.72. The minimum absolute atomic E-state index is 0.168. The molecule has 3 aromatic rings. The molecule has 0 bridgehead atoms.